The van der Waals surface area contributed by atoms with Crippen molar-refractivity contribution < 1.29 is 26.1 Å². The van der Waals surface area contributed by atoms with Crippen LogP contribution in [0.4, 0.5) is 19.0 Å². The molecule has 0 radical (unpaired) electrons. The van der Waals surface area contributed by atoms with Gasteiger partial charge in [0.2, 0.25) is 15.9 Å². The Balaban J connectivity index is 1.67. The number of hydrogen-bond acceptors (Lipinski definition) is 8. The van der Waals surface area contributed by atoms with E-state index in [4.69, 9.17) is 4.52 Å². The van der Waals surface area contributed by atoms with E-state index in [0.717, 1.165) is 4.31 Å². The van der Waals surface area contributed by atoms with Gasteiger partial charge in [0.1, 0.15) is 22.9 Å². The maximum atomic E-state index is 13.9. The maximum Gasteiger partial charge on any atom is 0.262 e. The van der Waals surface area contributed by atoms with Crippen molar-refractivity contribution in [1.82, 2.24) is 24.4 Å². The highest BCUT2D eigenvalue weighted by molar-refractivity contribution is 7.89. The van der Waals surface area contributed by atoms with Crippen LogP contribution in [0, 0.1) is 12.7 Å². The van der Waals surface area contributed by atoms with Crippen molar-refractivity contribution in [2.75, 3.05) is 18.4 Å². The molecular formula is C23H21F3N6O3S. The number of aryl methyl sites for hydroxylation is 1. The normalized spacial score (nSPS) is 16.9. The Morgan fingerprint density at radius 1 is 1.14 bits per heavy atom. The number of benzene rings is 2. The minimum Gasteiger partial charge on any atom is -0.360 e. The van der Waals surface area contributed by atoms with Gasteiger partial charge in [0.15, 0.2) is 5.82 Å². The molecule has 13 heteroatoms. The van der Waals surface area contributed by atoms with Crippen LogP contribution in [0.5, 0.6) is 0 Å². The fourth-order valence-electron chi connectivity index (χ4n) is 4.07. The molecule has 36 heavy (non-hydrogen) atoms. The molecule has 4 aromatic rings. The lowest BCUT2D eigenvalue weighted by molar-refractivity contribution is 0.0183. The zero-order valence-electron chi connectivity index (χ0n) is 19.2. The molecule has 1 fully saturated rings. The van der Waals surface area contributed by atoms with Crippen LogP contribution in [0.1, 0.15) is 31.1 Å². The smallest absolute Gasteiger partial charge is 0.262 e. The summed E-state index contributed by atoms with van der Waals surface area (Å²) in [7, 11) is -4.35. The van der Waals surface area contributed by atoms with Crippen molar-refractivity contribution in [2.24, 2.45) is 0 Å². The zero-order valence-corrected chi connectivity index (χ0v) is 20.1. The number of fused-ring (bicyclic) bond motifs is 1. The third kappa shape index (κ3) is 4.51. The van der Waals surface area contributed by atoms with E-state index in [-0.39, 0.29) is 22.8 Å². The van der Waals surface area contributed by atoms with E-state index >= 15 is 0 Å². The van der Waals surface area contributed by atoms with Crippen LogP contribution in [0.25, 0.3) is 22.0 Å². The molecule has 1 aliphatic heterocycles. The van der Waals surface area contributed by atoms with Crippen molar-refractivity contribution in [2.45, 2.75) is 37.1 Å². The van der Waals surface area contributed by atoms with Crippen LogP contribution in [-0.4, -0.2) is 51.8 Å². The average Bonchev–Trinajstić information content (AvgIpc) is 3.44. The van der Waals surface area contributed by atoms with Crippen molar-refractivity contribution in [1.29, 1.82) is 0 Å². The average molecular weight is 519 g/mol. The van der Waals surface area contributed by atoms with E-state index in [1.165, 1.54) is 36.7 Å². The number of aromatic nitrogens is 4. The molecule has 1 atom stereocenters. The molecular weight excluding hydrogens is 497 g/mol. The number of hydrogen-bond donors (Lipinski definition) is 1. The molecule has 0 spiro atoms. The Bertz CT molecular complexity index is 1540. The minimum atomic E-state index is -4.35. The van der Waals surface area contributed by atoms with Crippen LogP contribution >= 0.6 is 0 Å². The molecule has 2 aromatic heterocycles. The van der Waals surface area contributed by atoms with Gasteiger partial charge >= 0.3 is 0 Å². The quantitative estimate of drug-likeness (QED) is 0.401. The highest BCUT2D eigenvalue weighted by atomic mass is 32.2. The van der Waals surface area contributed by atoms with Gasteiger partial charge in [-0.3, -0.25) is 0 Å². The van der Waals surface area contributed by atoms with Crippen LogP contribution in [0.3, 0.4) is 0 Å². The highest BCUT2D eigenvalue weighted by Crippen LogP contribution is 2.37. The van der Waals surface area contributed by atoms with Crippen molar-refractivity contribution in [3.63, 3.8) is 0 Å². The van der Waals surface area contributed by atoms with E-state index in [0.29, 0.717) is 28.2 Å². The zero-order chi connectivity index (χ0) is 25.7. The van der Waals surface area contributed by atoms with Crippen molar-refractivity contribution >= 4 is 26.7 Å². The predicted octanol–water partition coefficient (Wildman–Crippen LogP) is 4.33. The Labute approximate surface area is 204 Å². The summed E-state index contributed by atoms with van der Waals surface area (Å²) in [6.07, 6.45) is 0.624. The summed E-state index contributed by atoms with van der Waals surface area (Å²) < 4.78 is 74.3. The van der Waals surface area contributed by atoms with E-state index < -0.39 is 40.8 Å². The van der Waals surface area contributed by atoms with Crippen LogP contribution in [-0.2, 0) is 10.0 Å². The Morgan fingerprint density at radius 3 is 2.53 bits per heavy atom. The van der Waals surface area contributed by atoms with Crippen LogP contribution in [0.15, 0.2) is 52.1 Å². The fraction of sp³-hybridized carbons (Fsp3) is 0.304. The van der Waals surface area contributed by atoms with E-state index in [1.807, 2.05) is 0 Å². The minimum absolute atomic E-state index is 0.0603. The molecule has 2 aromatic carbocycles. The lowest BCUT2D eigenvalue weighted by Gasteiger charge is -2.19. The molecule has 9 nitrogen and oxygen atoms in total. The lowest BCUT2D eigenvalue weighted by Crippen LogP contribution is -2.31. The standard InChI is InChI=1S/C23H21F3N6O3S/c1-13(21-30-14(2)35-31-21)29-22-18-9-16(15-3-5-17(24)6-4-15)10-19(20(18)27-12-28-22)36(33,34)32-8-7-23(25,26)11-32/h3-6,9-10,12-13H,7-8,11H2,1-2H3,(H,27,28,29). The van der Waals surface area contributed by atoms with Gasteiger partial charge in [-0.15, -0.1) is 0 Å². The third-order valence-corrected chi connectivity index (χ3v) is 7.78. The molecule has 1 aliphatic rings. The second-order valence-electron chi connectivity index (χ2n) is 8.58. The molecule has 0 amide bonds. The van der Waals surface area contributed by atoms with Gasteiger partial charge in [0, 0.05) is 25.3 Å². The molecule has 3 heterocycles. The van der Waals surface area contributed by atoms with Gasteiger partial charge in [-0.2, -0.15) is 9.29 Å². The summed E-state index contributed by atoms with van der Waals surface area (Å²) in [5, 5.41) is 7.36. The number of alkyl halides is 2. The first-order valence-corrected chi connectivity index (χ1v) is 12.5. The highest BCUT2D eigenvalue weighted by Gasteiger charge is 2.44. The molecule has 5 rings (SSSR count). The largest absolute Gasteiger partial charge is 0.360 e. The number of rotatable bonds is 6. The second kappa shape index (κ2) is 8.82. The Morgan fingerprint density at radius 2 is 1.89 bits per heavy atom. The molecule has 0 bridgehead atoms. The molecule has 1 N–H and O–H groups in total. The number of halogens is 3. The van der Waals surface area contributed by atoms with Crippen molar-refractivity contribution in [3.8, 4) is 11.1 Å². The van der Waals surface area contributed by atoms with Gasteiger partial charge < -0.3 is 9.84 Å². The van der Waals surface area contributed by atoms with Gasteiger partial charge in [0.05, 0.1) is 18.1 Å². The number of anilines is 1. The van der Waals surface area contributed by atoms with E-state index in [9.17, 15) is 21.6 Å². The van der Waals surface area contributed by atoms with Crippen LogP contribution < -0.4 is 5.32 Å². The number of nitrogens with one attached hydrogen (secondary N) is 1. The first-order chi connectivity index (χ1) is 17.0. The third-order valence-electron chi connectivity index (χ3n) is 5.92. The summed E-state index contributed by atoms with van der Waals surface area (Å²) in [6.45, 7) is 2.19. The van der Waals surface area contributed by atoms with Crippen LogP contribution in [0.2, 0.25) is 0 Å². The summed E-state index contributed by atoms with van der Waals surface area (Å²) >= 11 is 0. The topological polar surface area (TPSA) is 114 Å². The monoisotopic (exact) mass is 518 g/mol. The van der Waals surface area contributed by atoms with Gasteiger partial charge in [-0.1, -0.05) is 17.3 Å². The number of sulfonamides is 1. The molecule has 188 valence electrons. The maximum absolute atomic E-state index is 13.9. The second-order valence-corrected chi connectivity index (χ2v) is 10.5. The van der Waals surface area contributed by atoms with Crippen molar-refractivity contribution in [3.05, 3.63) is 60.3 Å². The summed E-state index contributed by atoms with van der Waals surface area (Å²) in [4.78, 5) is 12.4. The molecule has 1 saturated heterocycles. The van der Waals surface area contributed by atoms with Gasteiger partial charge in [-0.05, 0) is 42.3 Å². The molecule has 0 aliphatic carbocycles. The van der Waals surface area contributed by atoms with E-state index in [2.05, 4.69) is 25.4 Å². The summed E-state index contributed by atoms with van der Waals surface area (Å²) in [5.41, 5.74) is 1.01. The Hall–Kier alpha value is -3.58. The lowest BCUT2D eigenvalue weighted by atomic mass is 10.0. The van der Waals surface area contributed by atoms with Gasteiger partial charge in [-0.25, -0.2) is 31.6 Å². The summed E-state index contributed by atoms with van der Waals surface area (Å²) in [5.74, 6) is -2.55. The number of nitrogens with zero attached hydrogens (tertiary/aromatic N) is 5. The molecule has 0 saturated carbocycles. The summed E-state index contributed by atoms with van der Waals surface area (Å²) in [6, 6.07) is 8.05. The first-order valence-electron chi connectivity index (χ1n) is 11.0. The van der Waals surface area contributed by atoms with Gasteiger partial charge in [0.25, 0.3) is 5.92 Å². The Kier molecular flexibility index (Phi) is 5.91. The SMILES string of the molecule is Cc1nc(C(C)Nc2ncnc3c(S(=O)(=O)N4CCC(F)(F)C4)cc(-c4ccc(F)cc4)cc23)no1. The van der Waals surface area contributed by atoms with E-state index in [1.54, 1.807) is 19.9 Å². The predicted molar refractivity (Wildman–Crippen MR) is 124 cm³/mol. The first kappa shape index (κ1) is 24.1. The molecule has 1 unspecified atom stereocenters. The fourth-order valence-corrected chi connectivity index (χ4v) is 5.72.